The van der Waals surface area contributed by atoms with E-state index in [0.717, 1.165) is 21.6 Å². The zero-order valence-electron chi connectivity index (χ0n) is 11.0. The quantitative estimate of drug-likeness (QED) is 0.859. The van der Waals surface area contributed by atoms with Crippen molar-refractivity contribution >= 4 is 34.2 Å². The third-order valence-corrected chi connectivity index (χ3v) is 4.30. The molecular weight excluding hydrogens is 264 g/mol. The lowest BCUT2D eigenvalue weighted by Gasteiger charge is -2.23. The van der Waals surface area contributed by atoms with Crippen molar-refractivity contribution in [1.29, 1.82) is 0 Å². The normalized spacial score (nSPS) is 19.8. The fraction of sp³-hybridized carbons (Fsp3) is 0.500. The van der Waals surface area contributed by atoms with Crippen LogP contribution in [0.2, 0.25) is 5.02 Å². The molecule has 0 amide bonds. The molecule has 0 saturated carbocycles. The Bertz CT molecular complexity index is 457. The van der Waals surface area contributed by atoms with Crippen molar-refractivity contribution in [3.05, 3.63) is 28.8 Å². The first-order chi connectivity index (χ1) is 8.56. The number of hydrogen-bond donors (Lipinski definition) is 1. The topological polar surface area (TPSA) is 24.4 Å². The minimum atomic E-state index is 0.438. The number of hydrogen-bond acceptors (Lipinski definition) is 3. The highest BCUT2D eigenvalue weighted by atomic mass is 35.5. The van der Waals surface area contributed by atoms with E-state index in [4.69, 9.17) is 16.6 Å². The van der Waals surface area contributed by atoms with E-state index in [1.807, 2.05) is 18.2 Å². The highest BCUT2D eigenvalue weighted by Crippen LogP contribution is 2.26. The van der Waals surface area contributed by atoms with Gasteiger partial charge in [-0.05, 0) is 37.0 Å². The predicted octanol–water partition coefficient (Wildman–Crippen LogP) is 4.58. The molecule has 0 spiro atoms. The fourth-order valence-electron chi connectivity index (χ4n) is 1.92. The van der Waals surface area contributed by atoms with Gasteiger partial charge in [-0.2, -0.15) is 0 Å². The van der Waals surface area contributed by atoms with Crippen molar-refractivity contribution in [2.24, 2.45) is 10.9 Å². The largest absolute Gasteiger partial charge is 0.335 e. The first-order valence-electron chi connectivity index (χ1n) is 6.30. The van der Waals surface area contributed by atoms with E-state index in [1.54, 1.807) is 11.8 Å². The summed E-state index contributed by atoms with van der Waals surface area (Å²) in [6.07, 6.45) is 1.17. The van der Waals surface area contributed by atoms with Gasteiger partial charge in [-0.15, -0.1) is 0 Å². The van der Waals surface area contributed by atoms with Gasteiger partial charge in [0, 0.05) is 16.5 Å². The Labute approximate surface area is 118 Å². The van der Waals surface area contributed by atoms with Crippen LogP contribution in [0.15, 0.2) is 23.2 Å². The Morgan fingerprint density at radius 1 is 1.44 bits per heavy atom. The molecule has 0 fully saturated rings. The summed E-state index contributed by atoms with van der Waals surface area (Å²) in [6.45, 7) is 6.53. The molecule has 0 radical (unpaired) electrons. The van der Waals surface area contributed by atoms with Crippen molar-refractivity contribution in [1.82, 2.24) is 0 Å². The molecule has 0 bridgehead atoms. The van der Waals surface area contributed by atoms with Gasteiger partial charge in [-0.25, -0.2) is 0 Å². The highest BCUT2D eigenvalue weighted by Gasteiger charge is 2.18. The molecule has 1 aromatic carbocycles. The van der Waals surface area contributed by atoms with E-state index in [0.29, 0.717) is 12.0 Å². The van der Waals surface area contributed by atoms with Gasteiger partial charge in [-0.1, -0.05) is 43.3 Å². The molecule has 2 rings (SSSR count). The second kappa shape index (κ2) is 5.98. The maximum atomic E-state index is 6.03. The average Bonchev–Trinajstić information content (AvgIpc) is 2.34. The predicted molar refractivity (Wildman–Crippen MR) is 82.9 cm³/mol. The van der Waals surface area contributed by atoms with Gasteiger partial charge in [0.05, 0.1) is 6.04 Å². The number of rotatable bonds is 2. The van der Waals surface area contributed by atoms with Gasteiger partial charge in [0.2, 0.25) is 0 Å². The third kappa shape index (κ3) is 3.42. The second-order valence-corrected chi connectivity index (χ2v) is 6.49. The fourth-order valence-corrected chi connectivity index (χ4v) is 3.04. The third-order valence-electron chi connectivity index (χ3n) is 3.15. The lowest BCUT2D eigenvalue weighted by Crippen LogP contribution is -2.24. The number of nitrogens with zero attached hydrogens (tertiary/aromatic N) is 1. The number of amidine groups is 1. The zero-order chi connectivity index (χ0) is 13.1. The monoisotopic (exact) mass is 282 g/mol. The van der Waals surface area contributed by atoms with E-state index >= 15 is 0 Å². The summed E-state index contributed by atoms with van der Waals surface area (Å²) >= 11 is 7.82. The zero-order valence-corrected chi connectivity index (χ0v) is 12.6. The molecular formula is C14H19ClN2S. The minimum Gasteiger partial charge on any atom is -0.335 e. The molecule has 2 nitrogen and oxygen atoms in total. The standard InChI is InChI=1S/C14H19ClN2S/c1-9(2)12-6-7-18-14(16-12)17-13-8-11(15)5-4-10(13)3/h4-5,8-9,12H,6-7H2,1-3H3,(H,16,17). The van der Waals surface area contributed by atoms with Gasteiger partial charge >= 0.3 is 0 Å². The molecule has 1 heterocycles. The number of benzene rings is 1. The van der Waals surface area contributed by atoms with Gasteiger partial charge in [0.15, 0.2) is 5.17 Å². The van der Waals surface area contributed by atoms with Gasteiger partial charge in [0.1, 0.15) is 0 Å². The van der Waals surface area contributed by atoms with Crippen LogP contribution in [-0.2, 0) is 0 Å². The smallest absolute Gasteiger partial charge is 0.161 e. The lowest BCUT2D eigenvalue weighted by molar-refractivity contribution is 0.485. The molecule has 1 N–H and O–H groups in total. The summed E-state index contributed by atoms with van der Waals surface area (Å²) in [6, 6.07) is 6.33. The van der Waals surface area contributed by atoms with Crippen molar-refractivity contribution in [2.75, 3.05) is 11.1 Å². The number of anilines is 1. The summed E-state index contributed by atoms with van der Waals surface area (Å²) in [7, 11) is 0. The first-order valence-corrected chi connectivity index (χ1v) is 7.66. The van der Waals surface area contributed by atoms with Crippen LogP contribution in [0, 0.1) is 12.8 Å². The molecule has 1 aliphatic rings. The molecule has 1 aliphatic heterocycles. The summed E-state index contributed by atoms with van der Waals surface area (Å²) in [4.78, 5) is 4.77. The molecule has 1 atom stereocenters. The molecule has 0 aromatic heterocycles. The van der Waals surface area contributed by atoms with Crippen molar-refractivity contribution < 1.29 is 0 Å². The first kappa shape index (κ1) is 13.8. The summed E-state index contributed by atoms with van der Waals surface area (Å²) in [5, 5.41) is 5.18. The number of thioether (sulfide) groups is 1. The van der Waals surface area contributed by atoms with Crippen molar-refractivity contribution in [3.63, 3.8) is 0 Å². The van der Waals surface area contributed by atoms with Gasteiger partial charge < -0.3 is 5.32 Å². The Hall–Kier alpha value is -0.670. The van der Waals surface area contributed by atoms with Crippen LogP contribution in [0.3, 0.4) is 0 Å². The molecule has 0 saturated heterocycles. The highest BCUT2D eigenvalue weighted by molar-refractivity contribution is 8.14. The van der Waals surface area contributed by atoms with Gasteiger partial charge in [0.25, 0.3) is 0 Å². The number of halogens is 1. The van der Waals surface area contributed by atoms with E-state index in [2.05, 4.69) is 26.1 Å². The SMILES string of the molecule is Cc1ccc(Cl)cc1NC1=NC(C(C)C)CCS1. The Kier molecular flexibility index (Phi) is 4.57. The number of nitrogens with one attached hydrogen (secondary N) is 1. The maximum Gasteiger partial charge on any atom is 0.161 e. The number of aryl methyl sites for hydroxylation is 1. The molecule has 1 aromatic rings. The Morgan fingerprint density at radius 2 is 2.22 bits per heavy atom. The van der Waals surface area contributed by atoms with E-state index < -0.39 is 0 Å². The average molecular weight is 283 g/mol. The molecule has 18 heavy (non-hydrogen) atoms. The molecule has 4 heteroatoms. The van der Waals surface area contributed by atoms with Crippen LogP contribution in [-0.4, -0.2) is 17.0 Å². The summed E-state index contributed by atoms with van der Waals surface area (Å²) in [5.74, 6) is 1.73. The van der Waals surface area contributed by atoms with Crippen LogP contribution in [0.25, 0.3) is 0 Å². The van der Waals surface area contributed by atoms with E-state index in [-0.39, 0.29) is 0 Å². The summed E-state index contributed by atoms with van der Waals surface area (Å²) in [5.41, 5.74) is 2.24. The van der Waals surface area contributed by atoms with E-state index in [1.165, 1.54) is 12.0 Å². The second-order valence-electron chi connectivity index (χ2n) is 4.97. The molecule has 0 aliphatic carbocycles. The van der Waals surface area contributed by atoms with E-state index in [9.17, 15) is 0 Å². The number of aliphatic imine (C=N–C) groups is 1. The van der Waals surface area contributed by atoms with Crippen LogP contribution in [0.1, 0.15) is 25.8 Å². The van der Waals surface area contributed by atoms with Crippen LogP contribution in [0.5, 0.6) is 0 Å². The Morgan fingerprint density at radius 3 is 2.94 bits per heavy atom. The molecule has 98 valence electrons. The molecule has 1 unspecified atom stereocenters. The van der Waals surface area contributed by atoms with Crippen molar-refractivity contribution in [2.45, 2.75) is 33.2 Å². The van der Waals surface area contributed by atoms with Crippen molar-refractivity contribution in [3.8, 4) is 0 Å². The van der Waals surface area contributed by atoms with Crippen LogP contribution >= 0.6 is 23.4 Å². The van der Waals surface area contributed by atoms with Crippen LogP contribution in [0.4, 0.5) is 5.69 Å². The lowest BCUT2D eigenvalue weighted by atomic mass is 10.0. The minimum absolute atomic E-state index is 0.438. The Balaban J connectivity index is 2.15. The van der Waals surface area contributed by atoms with Gasteiger partial charge in [-0.3, -0.25) is 4.99 Å². The van der Waals surface area contributed by atoms with Crippen LogP contribution < -0.4 is 5.32 Å². The maximum absolute atomic E-state index is 6.03. The summed E-state index contributed by atoms with van der Waals surface area (Å²) < 4.78 is 0.